The number of hydrogen-bond donors (Lipinski definition) is 1. The van der Waals surface area contributed by atoms with Crippen LogP contribution in [0.1, 0.15) is 40.0 Å². The highest BCUT2D eigenvalue weighted by atomic mass is 16.5. The lowest BCUT2D eigenvalue weighted by molar-refractivity contribution is -0.132. The smallest absolute Gasteiger partial charge is 0.338 e. The molecule has 1 amide bonds. The van der Waals surface area contributed by atoms with E-state index in [1.807, 2.05) is 31.2 Å². The Morgan fingerprint density at radius 3 is 2.40 bits per heavy atom. The van der Waals surface area contributed by atoms with Crippen molar-refractivity contribution in [2.45, 2.75) is 19.9 Å². The summed E-state index contributed by atoms with van der Waals surface area (Å²) in [5, 5.41) is 11.3. The van der Waals surface area contributed by atoms with Crippen LogP contribution in [0.3, 0.4) is 0 Å². The number of anilines is 1. The molecule has 0 aliphatic carbocycles. The highest BCUT2D eigenvalue weighted by molar-refractivity contribution is 6.51. The average Bonchev–Trinajstić information content (AvgIpc) is 3.14. The summed E-state index contributed by atoms with van der Waals surface area (Å²) in [5.74, 6) is -1.96. The number of aryl methyl sites for hydroxylation is 1. The van der Waals surface area contributed by atoms with Crippen molar-refractivity contribution in [3.63, 3.8) is 0 Å². The lowest BCUT2D eigenvalue weighted by Gasteiger charge is -2.27. The molecule has 3 aromatic carbocycles. The van der Waals surface area contributed by atoms with Gasteiger partial charge in [-0.1, -0.05) is 42.5 Å². The molecule has 4 rings (SSSR count). The van der Waals surface area contributed by atoms with Crippen molar-refractivity contribution in [2.24, 2.45) is 0 Å². The van der Waals surface area contributed by atoms with Gasteiger partial charge in [-0.05, 0) is 55.3 Å². The fourth-order valence-corrected chi connectivity index (χ4v) is 4.21. The third kappa shape index (κ3) is 4.40. The maximum atomic E-state index is 13.4. The van der Waals surface area contributed by atoms with Crippen molar-refractivity contribution >= 4 is 29.1 Å². The normalized spacial score (nSPS) is 16.9. The predicted octanol–water partition coefficient (Wildman–Crippen LogP) is 4.81. The molecular weight excluding hydrogens is 446 g/mol. The number of carbonyl (C=O) groups excluding carboxylic acids is 3. The maximum absolute atomic E-state index is 13.4. The zero-order chi connectivity index (χ0) is 25.1. The first-order valence-corrected chi connectivity index (χ1v) is 11.2. The van der Waals surface area contributed by atoms with E-state index in [1.165, 1.54) is 18.1 Å². The van der Waals surface area contributed by atoms with Gasteiger partial charge in [0.15, 0.2) is 0 Å². The van der Waals surface area contributed by atoms with E-state index in [1.54, 1.807) is 49.4 Å². The fraction of sp³-hybridized carbons (Fsp3) is 0.179. The number of Topliss-reactive ketones (excluding diaryl/α,β-unsaturated/α-hetero) is 1. The van der Waals surface area contributed by atoms with E-state index in [-0.39, 0.29) is 23.5 Å². The van der Waals surface area contributed by atoms with Gasteiger partial charge >= 0.3 is 5.97 Å². The molecule has 1 aliphatic rings. The van der Waals surface area contributed by atoms with Crippen molar-refractivity contribution in [3.05, 3.63) is 101 Å². The van der Waals surface area contributed by atoms with E-state index in [4.69, 9.17) is 9.47 Å². The van der Waals surface area contributed by atoms with E-state index in [2.05, 4.69) is 0 Å². The van der Waals surface area contributed by atoms with Crippen molar-refractivity contribution in [3.8, 4) is 5.75 Å². The SMILES string of the molecule is CCOC(=O)c1cccc(N2C(=O)C(=O)/C(=C(/O)c3cccc(OC)c3)C2c2ccccc2C)c1. The van der Waals surface area contributed by atoms with Crippen LogP contribution in [0.25, 0.3) is 5.76 Å². The summed E-state index contributed by atoms with van der Waals surface area (Å²) in [5.41, 5.74) is 2.42. The molecule has 0 radical (unpaired) electrons. The Bertz CT molecular complexity index is 1340. The summed E-state index contributed by atoms with van der Waals surface area (Å²) < 4.78 is 10.3. The first kappa shape index (κ1) is 23.8. The Morgan fingerprint density at radius 1 is 0.971 bits per heavy atom. The minimum atomic E-state index is -0.903. The highest BCUT2D eigenvalue weighted by Gasteiger charge is 2.47. The van der Waals surface area contributed by atoms with Crippen LogP contribution in [0.5, 0.6) is 5.75 Å². The molecule has 1 fully saturated rings. The zero-order valence-electron chi connectivity index (χ0n) is 19.6. The molecule has 0 aromatic heterocycles. The van der Waals surface area contributed by atoms with E-state index in [0.717, 1.165) is 5.56 Å². The number of amides is 1. The minimum Gasteiger partial charge on any atom is -0.507 e. The molecule has 1 saturated heterocycles. The summed E-state index contributed by atoms with van der Waals surface area (Å²) >= 11 is 0. The summed E-state index contributed by atoms with van der Waals surface area (Å²) in [4.78, 5) is 40.4. The summed E-state index contributed by atoms with van der Waals surface area (Å²) in [7, 11) is 1.50. The molecule has 1 atom stereocenters. The number of aliphatic hydroxyl groups excluding tert-OH is 1. The van der Waals surface area contributed by atoms with Crippen molar-refractivity contribution in [2.75, 3.05) is 18.6 Å². The average molecular weight is 472 g/mol. The monoisotopic (exact) mass is 471 g/mol. The Labute approximate surface area is 203 Å². The molecule has 35 heavy (non-hydrogen) atoms. The fourth-order valence-electron chi connectivity index (χ4n) is 4.21. The molecule has 7 nitrogen and oxygen atoms in total. The molecule has 7 heteroatoms. The van der Waals surface area contributed by atoms with E-state index in [0.29, 0.717) is 22.6 Å². The first-order valence-electron chi connectivity index (χ1n) is 11.2. The Morgan fingerprint density at radius 2 is 1.69 bits per heavy atom. The van der Waals surface area contributed by atoms with Crippen LogP contribution in [0.15, 0.2) is 78.4 Å². The van der Waals surface area contributed by atoms with Crippen LogP contribution >= 0.6 is 0 Å². The Balaban J connectivity index is 1.93. The molecule has 1 aliphatic heterocycles. The molecule has 3 aromatic rings. The van der Waals surface area contributed by atoms with E-state index < -0.39 is 23.7 Å². The van der Waals surface area contributed by atoms with Gasteiger partial charge in [0, 0.05) is 11.3 Å². The number of methoxy groups -OCH3 is 1. The van der Waals surface area contributed by atoms with Crippen LogP contribution in [0.4, 0.5) is 5.69 Å². The molecule has 178 valence electrons. The highest BCUT2D eigenvalue weighted by Crippen LogP contribution is 2.43. The van der Waals surface area contributed by atoms with Gasteiger partial charge in [0.25, 0.3) is 11.7 Å². The van der Waals surface area contributed by atoms with Gasteiger partial charge < -0.3 is 14.6 Å². The number of ether oxygens (including phenoxy) is 2. The second-order valence-electron chi connectivity index (χ2n) is 8.03. The molecule has 1 unspecified atom stereocenters. The van der Waals surface area contributed by atoms with Gasteiger partial charge in [-0.3, -0.25) is 14.5 Å². The van der Waals surface area contributed by atoms with Crippen LogP contribution in [0, 0.1) is 6.92 Å². The lowest BCUT2D eigenvalue weighted by atomic mass is 9.92. The maximum Gasteiger partial charge on any atom is 0.338 e. The number of aliphatic hydroxyl groups is 1. The Kier molecular flexibility index (Phi) is 6.68. The largest absolute Gasteiger partial charge is 0.507 e. The molecule has 1 heterocycles. The van der Waals surface area contributed by atoms with Gasteiger partial charge in [-0.2, -0.15) is 0 Å². The molecule has 0 bridgehead atoms. The van der Waals surface area contributed by atoms with Crippen LogP contribution in [0.2, 0.25) is 0 Å². The van der Waals surface area contributed by atoms with E-state index >= 15 is 0 Å². The van der Waals surface area contributed by atoms with Gasteiger partial charge in [0.2, 0.25) is 0 Å². The third-order valence-corrected chi connectivity index (χ3v) is 5.91. The topological polar surface area (TPSA) is 93.1 Å². The van der Waals surface area contributed by atoms with Crippen molar-refractivity contribution in [1.29, 1.82) is 0 Å². The number of hydrogen-bond acceptors (Lipinski definition) is 6. The zero-order valence-corrected chi connectivity index (χ0v) is 19.6. The number of nitrogens with zero attached hydrogens (tertiary/aromatic N) is 1. The van der Waals surface area contributed by atoms with Crippen molar-refractivity contribution < 1.29 is 29.0 Å². The third-order valence-electron chi connectivity index (χ3n) is 5.91. The van der Waals surface area contributed by atoms with Gasteiger partial charge in [-0.15, -0.1) is 0 Å². The number of rotatable bonds is 6. The second-order valence-corrected chi connectivity index (χ2v) is 8.03. The molecule has 1 N–H and O–H groups in total. The van der Waals surface area contributed by atoms with Crippen molar-refractivity contribution in [1.82, 2.24) is 0 Å². The van der Waals surface area contributed by atoms with Crippen LogP contribution in [-0.2, 0) is 14.3 Å². The van der Waals surface area contributed by atoms with Gasteiger partial charge in [0.1, 0.15) is 11.5 Å². The number of esters is 1. The number of carbonyl (C=O) groups is 3. The summed E-state index contributed by atoms with van der Waals surface area (Å²) in [6, 6.07) is 19.4. The number of ketones is 1. The van der Waals surface area contributed by atoms with E-state index in [9.17, 15) is 19.5 Å². The summed E-state index contributed by atoms with van der Waals surface area (Å²) in [6.45, 7) is 3.78. The van der Waals surface area contributed by atoms with Crippen LogP contribution in [-0.4, -0.2) is 36.5 Å². The number of benzene rings is 3. The van der Waals surface area contributed by atoms with Crippen LogP contribution < -0.4 is 9.64 Å². The molecular formula is C28H25NO6. The summed E-state index contributed by atoms with van der Waals surface area (Å²) in [6.07, 6.45) is 0. The first-order chi connectivity index (χ1) is 16.9. The molecule has 0 saturated carbocycles. The molecule has 0 spiro atoms. The quantitative estimate of drug-likeness (QED) is 0.240. The minimum absolute atomic E-state index is 0.0425. The second kappa shape index (κ2) is 9.85. The van der Waals surface area contributed by atoms with Gasteiger partial charge in [-0.25, -0.2) is 4.79 Å². The lowest BCUT2D eigenvalue weighted by Crippen LogP contribution is -2.30. The predicted molar refractivity (Wildman–Crippen MR) is 131 cm³/mol. The standard InChI is InChI=1S/C28H25NO6/c1-4-35-28(33)19-11-7-12-20(15-19)29-24(22-14-6-5-9-17(22)2)23(26(31)27(29)32)25(30)18-10-8-13-21(16-18)34-3/h5-16,24,30H,4H2,1-3H3/b25-23+. The Hall–Kier alpha value is -4.39. The van der Waals surface area contributed by atoms with Gasteiger partial charge in [0.05, 0.1) is 30.9 Å².